The summed E-state index contributed by atoms with van der Waals surface area (Å²) in [7, 11) is 1.66. The smallest absolute Gasteiger partial charge is 0.416 e. The Labute approximate surface area is 181 Å². The Bertz CT molecular complexity index is 847. The number of methoxy groups -OCH3 is 1. The molecule has 0 N–H and O–H groups in total. The number of alkyl halides is 3. The molecular formula is C23H30F3N3O2. The summed E-state index contributed by atoms with van der Waals surface area (Å²) in [5.74, 6) is 1.80. The van der Waals surface area contributed by atoms with Gasteiger partial charge in [-0.15, -0.1) is 0 Å². The summed E-state index contributed by atoms with van der Waals surface area (Å²) in [5, 5.41) is 0. The minimum absolute atomic E-state index is 0.478. The quantitative estimate of drug-likeness (QED) is 0.675. The molecule has 2 aliphatic heterocycles. The number of ether oxygens (including phenoxy) is 1. The van der Waals surface area contributed by atoms with Crippen molar-refractivity contribution in [1.82, 2.24) is 9.80 Å². The third kappa shape index (κ3) is 5.61. The van der Waals surface area contributed by atoms with Crippen LogP contribution in [-0.4, -0.2) is 62.2 Å². The molecule has 1 aromatic heterocycles. The van der Waals surface area contributed by atoms with E-state index in [-0.39, 0.29) is 0 Å². The number of hydrogen-bond acceptors (Lipinski definition) is 5. The number of furan rings is 1. The summed E-state index contributed by atoms with van der Waals surface area (Å²) < 4.78 is 50.0. The number of rotatable bonds is 6. The SMILES string of the molecule is COCc1ccc(CN2CCC[C@@H](N3CCN(c4cccc(C(F)(F)F)c4)CC3)C2)o1. The lowest BCUT2D eigenvalue weighted by Crippen LogP contribution is -2.55. The first-order chi connectivity index (χ1) is 14.9. The van der Waals surface area contributed by atoms with Crippen LogP contribution in [0.15, 0.2) is 40.8 Å². The van der Waals surface area contributed by atoms with E-state index in [0.29, 0.717) is 18.3 Å². The van der Waals surface area contributed by atoms with Gasteiger partial charge in [0.2, 0.25) is 0 Å². The minimum atomic E-state index is -4.30. The molecule has 5 nitrogen and oxygen atoms in total. The first-order valence-corrected chi connectivity index (χ1v) is 10.9. The molecule has 3 heterocycles. The van der Waals surface area contributed by atoms with E-state index in [1.165, 1.54) is 12.1 Å². The van der Waals surface area contributed by atoms with Gasteiger partial charge >= 0.3 is 6.18 Å². The molecule has 31 heavy (non-hydrogen) atoms. The van der Waals surface area contributed by atoms with Gasteiger partial charge in [0.15, 0.2) is 0 Å². The zero-order valence-electron chi connectivity index (χ0n) is 17.9. The molecule has 0 saturated carbocycles. The van der Waals surface area contributed by atoms with Crippen molar-refractivity contribution < 1.29 is 22.3 Å². The van der Waals surface area contributed by atoms with Crippen LogP contribution < -0.4 is 4.90 Å². The molecule has 0 bridgehead atoms. The number of anilines is 1. The van der Waals surface area contributed by atoms with Crippen molar-refractivity contribution in [1.29, 1.82) is 0 Å². The van der Waals surface area contributed by atoms with Gasteiger partial charge in [0.1, 0.15) is 18.1 Å². The van der Waals surface area contributed by atoms with Gasteiger partial charge < -0.3 is 14.1 Å². The van der Waals surface area contributed by atoms with Crippen molar-refractivity contribution in [3.8, 4) is 0 Å². The molecule has 0 amide bonds. The zero-order valence-corrected chi connectivity index (χ0v) is 17.9. The van der Waals surface area contributed by atoms with Crippen LogP contribution in [0.25, 0.3) is 0 Å². The fourth-order valence-electron chi connectivity index (χ4n) is 4.64. The fraction of sp³-hybridized carbons (Fsp3) is 0.565. The topological polar surface area (TPSA) is 32.1 Å². The number of likely N-dealkylation sites (tertiary alicyclic amines) is 1. The highest BCUT2D eigenvalue weighted by atomic mass is 19.4. The Morgan fingerprint density at radius 2 is 1.81 bits per heavy atom. The van der Waals surface area contributed by atoms with Crippen molar-refractivity contribution in [3.63, 3.8) is 0 Å². The molecule has 0 radical (unpaired) electrons. The molecule has 4 rings (SSSR count). The lowest BCUT2D eigenvalue weighted by Gasteiger charge is -2.44. The molecule has 0 aliphatic carbocycles. The van der Waals surface area contributed by atoms with Gasteiger partial charge in [0.25, 0.3) is 0 Å². The Kier molecular flexibility index (Phi) is 6.89. The maximum atomic E-state index is 13.0. The first-order valence-electron chi connectivity index (χ1n) is 10.9. The van der Waals surface area contributed by atoms with Crippen molar-refractivity contribution >= 4 is 5.69 Å². The first kappa shape index (κ1) is 22.2. The second-order valence-corrected chi connectivity index (χ2v) is 8.40. The third-order valence-electron chi connectivity index (χ3n) is 6.23. The molecule has 170 valence electrons. The van der Waals surface area contributed by atoms with E-state index in [1.807, 2.05) is 12.1 Å². The lowest BCUT2D eigenvalue weighted by atomic mass is 10.0. The van der Waals surface area contributed by atoms with E-state index < -0.39 is 11.7 Å². The van der Waals surface area contributed by atoms with Crippen LogP contribution in [0.2, 0.25) is 0 Å². The Morgan fingerprint density at radius 3 is 2.55 bits per heavy atom. The van der Waals surface area contributed by atoms with Gasteiger partial charge in [-0.3, -0.25) is 9.80 Å². The van der Waals surface area contributed by atoms with Crippen molar-refractivity contribution in [2.75, 3.05) is 51.3 Å². The van der Waals surface area contributed by atoms with Crippen LogP contribution in [0.3, 0.4) is 0 Å². The number of hydrogen-bond donors (Lipinski definition) is 0. The van der Waals surface area contributed by atoms with E-state index in [2.05, 4.69) is 14.7 Å². The Balaban J connectivity index is 1.30. The third-order valence-corrected chi connectivity index (χ3v) is 6.23. The molecule has 2 fully saturated rings. The van der Waals surface area contributed by atoms with E-state index in [4.69, 9.17) is 9.15 Å². The summed E-state index contributed by atoms with van der Waals surface area (Å²) in [6.45, 7) is 6.56. The predicted octanol–water partition coefficient (Wildman–Crippen LogP) is 4.23. The van der Waals surface area contributed by atoms with E-state index in [1.54, 1.807) is 13.2 Å². The molecule has 2 aromatic rings. The van der Waals surface area contributed by atoms with Crippen LogP contribution in [0.4, 0.5) is 18.9 Å². The van der Waals surface area contributed by atoms with Gasteiger partial charge in [-0.25, -0.2) is 0 Å². The average molecular weight is 438 g/mol. The van der Waals surface area contributed by atoms with E-state index in [9.17, 15) is 13.2 Å². The van der Waals surface area contributed by atoms with Crippen LogP contribution in [-0.2, 0) is 24.1 Å². The molecule has 0 spiro atoms. The van der Waals surface area contributed by atoms with Crippen LogP contribution in [0.5, 0.6) is 0 Å². The van der Waals surface area contributed by atoms with Gasteiger partial charge in [0, 0.05) is 51.6 Å². The number of benzene rings is 1. The summed E-state index contributed by atoms with van der Waals surface area (Å²) in [4.78, 5) is 6.99. The van der Waals surface area contributed by atoms with Crippen LogP contribution in [0.1, 0.15) is 29.9 Å². The summed E-state index contributed by atoms with van der Waals surface area (Å²) >= 11 is 0. The summed E-state index contributed by atoms with van der Waals surface area (Å²) in [6, 6.07) is 10.1. The highest BCUT2D eigenvalue weighted by Gasteiger charge is 2.32. The molecular weight excluding hydrogens is 407 g/mol. The zero-order chi connectivity index (χ0) is 21.8. The lowest BCUT2D eigenvalue weighted by molar-refractivity contribution is -0.137. The highest BCUT2D eigenvalue weighted by molar-refractivity contribution is 5.49. The fourth-order valence-corrected chi connectivity index (χ4v) is 4.64. The summed E-state index contributed by atoms with van der Waals surface area (Å²) in [6.07, 6.45) is -2.00. The maximum Gasteiger partial charge on any atom is 0.416 e. The average Bonchev–Trinajstić information content (AvgIpc) is 3.21. The molecule has 8 heteroatoms. The van der Waals surface area contributed by atoms with Crippen LogP contribution in [0, 0.1) is 0 Å². The monoisotopic (exact) mass is 437 g/mol. The number of halogens is 3. The van der Waals surface area contributed by atoms with Gasteiger partial charge in [-0.1, -0.05) is 6.07 Å². The predicted molar refractivity (Wildman–Crippen MR) is 113 cm³/mol. The number of nitrogens with zero attached hydrogens (tertiary/aromatic N) is 3. The Morgan fingerprint density at radius 1 is 1.03 bits per heavy atom. The molecule has 1 atom stereocenters. The second-order valence-electron chi connectivity index (χ2n) is 8.40. The highest BCUT2D eigenvalue weighted by Crippen LogP contribution is 2.32. The van der Waals surface area contributed by atoms with Crippen molar-refractivity contribution in [2.45, 2.75) is 38.2 Å². The van der Waals surface area contributed by atoms with Crippen LogP contribution >= 0.6 is 0 Å². The van der Waals surface area contributed by atoms with E-state index in [0.717, 1.165) is 76.2 Å². The minimum Gasteiger partial charge on any atom is -0.462 e. The molecule has 2 saturated heterocycles. The van der Waals surface area contributed by atoms with Crippen molar-refractivity contribution in [2.24, 2.45) is 0 Å². The molecule has 0 unspecified atom stereocenters. The van der Waals surface area contributed by atoms with Gasteiger partial charge in [0.05, 0.1) is 12.1 Å². The normalized spacial score (nSPS) is 21.5. The number of piperidine rings is 1. The second kappa shape index (κ2) is 9.63. The van der Waals surface area contributed by atoms with Crippen molar-refractivity contribution in [3.05, 3.63) is 53.5 Å². The van der Waals surface area contributed by atoms with Gasteiger partial charge in [-0.2, -0.15) is 13.2 Å². The largest absolute Gasteiger partial charge is 0.462 e. The standard InChI is InChI=1S/C23H30F3N3O2/c1-30-17-22-8-7-21(31-22)16-27-9-3-6-20(15-27)29-12-10-28(11-13-29)19-5-2-4-18(14-19)23(24,25)26/h2,4-5,7-8,14,20H,3,6,9-13,15-17H2,1H3/t20-/m1/s1. The van der Waals surface area contributed by atoms with Gasteiger partial charge in [-0.05, 0) is 49.7 Å². The summed E-state index contributed by atoms with van der Waals surface area (Å²) in [5.41, 5.74) is 0.0753. The van der Waals surface area contributed by atoms with E-state index >= 15 is 0 Å². The Hall–Kier alpha value is -2.03. The molecule has 2 aliphatic rings. The number of piperazine rings is 1. The molecule has 1 aromatic carbocycles. The maximum absolute atomic E-state index is 13.0.